The summed E-state index contributed by atoms with van der Waals surface area (Å²) in [5, 5.41) is 5.40. The van der Waals surface area contributed by atoms with Crippen LogP contribution in [0.2, 0.25) is 0 Å². The van der Waals surface area contributed by atoms with E-state index in [1.54, 1.807) is 24.3 Å². The van der Waals surface area contributed by atoms with Crippen molar-refractivity contribution in [3.63, 3.8) is 0 Å². The highest BCUT2D eigenvalue weighted by atomic mass is 16.2. The third-order valence-electron chi connectivity index (χ3n) is 6.25. The van der Waals surface area contributed by atoms with Gasteiger partial charge in [-0.1, -0.05) is 0 Å². The van der Waals surface area contributed by atoms with Crippen LogP contribution >= 0.6 is 0 Å². The van der Waals surface area contributed by atoms with E-state index in [2.05, 4.69) is 39.3 Å². The van der Waals surface area contributed by atoms with Crippen LogP contribution in [0.4, 0.5) is 17.5 Å². The van der Waals surface area contributed by atoms with Crippen molar-refractivity contribution in [2.45, 2.75) is 64.5 Å². The Morgan fingerprint density at radius 1 is 1.09 bits per heavy atom. The number of Topliss-reactive ketones (excluding diaryl/α,β-unsaturated/α-hetero) is 1. The molecule has 1 saturated heterocycles. The molecule has 1 aromatic carbocycles. The van der Waals surface area contributed by atoms with E-state index >= 15 is 0 Å². The van der Waals surface area contributed by atoms with E-state index in [0.717, 1.165) is 19.3 Å². The van der Waals surface area contributed by atoms with Crippen molar-refractivity contribution in [1.82, 2.24) is 9.97 Å². The molecular formula is C23H27N5O4. The highest BCUT2D eigenvalue weighted by Gasteiger charge is 2.36. The van der Waals surface area contributed by atoms with Crippen molar-refractivity contribution in [1.29, 1.82) is 0 Å². The Morgan fingerprint density at radius 2 is 1.75 bits per heavy atom. The Hall–Kier alpha value is -3.49. The number of aromatic amines is 1. The van der Waals surface area contributed by atoms with Gasteiger partial charge in [0.15, 0.2) is 5.78 Å². The highest BCUT2D eigenvalue weighted by molar-refractivity contribution is 6.04. The van der Waals surface area contributed by atoms with Gasteiger partial charge in [-0.25, -0.2) is 0 Å². The quantitative estimate of drug-likeness (QED) is 0.632. The summed E-state index contributed by atoms with van der Waals surface area (Å²) in [5.74, 6) is -1.34. The van der Waals surface area contributed by atoms with Crippen molar-refractivity contribution in [2.75, 3.05) is 15.5 Å². The molecule has 3 heterocycles. The topological polar surface area (TPSA) is 124 Å². The van der Waals surface area contributed by atoms with Crippen LogP contribution in [0.3, 0.4) is 0 Å². The summed E-state index contributed by atoms with van der Waals surface area (Å²) in [6.07, 6.45) is 2.95. The molecule has 0 saturated carbocycles. The number of hydrogen-bond donors (Lipinski definition) is 3. The molecule has 168 valence electrons. The number of amides is 2. The lowest BCUT2D eigenvalue weighted by Gasteiger charge is -2.39. The fraction of sp³-hybridized carbons (Fsp3) is 0.435. The number of ketones is 1. The van der Waals surface area contributed by atoms with E-state index < -0.39 is 17.4 Å². The molecule has 0 radical (unpaired) electrons. The van der Waals surface area contributed by atoms with E-state index in [9.17, 15) is 19.2 Å². The number of hydrogen-bond acceptors (Lipinski definition) is 6. The molecule has 9 nitrogen and oxygen atoms in total. The first-order valence-corrected chi connectivity index (χ1v) is 10.9. The van der Waals surface area contributed by atoms with E-state index in [1.165, 1.54) is 6.92 Å². The number of piperidine rings is 1. The molecule has 0 bridgehead atoms. The predicted octanol–water partition coefficient (Wildman–Crippen LogP) is 2.80. The summed E-state index contributed by atoms with van der Waals surface area (Å²) < 4.78 is 0. The zero-order valence-corrected chi connectivity index (χ0v) is 18.4. The molecule has 0 aliphatic carbocycles. The van der Waals surface area contributed by atoms with Crippen molar-refractivity contribution in [3.05, 3.63) is 45.7 Å². The number of nitrogens with zero attached hydrogens (tertiary/aromatic N) is 2. The van der Waals surface area contributed by atoms with E-state index in [0.29, 0.717) is 17.2 Å². The standard InChI is InChI=1S/C23H27N5O4/c1-12-5-4-6-13(2)28(12)23-26-20-19(22(32)27-23)17(11-18(30)25-20)21(31)24-16-9-7-15(8-10-16)14(3)29/h7-10,12-13,17H,4-6,11H2,1-3H3,(H,24,31)(H2,25,26,27,30,32). The number of fused-ring (bicyclic) bond motifs is 1. The molecule has 1 aromatic heterocycles. The summed E-state index contributed by atoms with van der Waals surface area (Å²) in [6, 6.07) is 6.86. The van der Waals surface area contributed by atoms with Crippen LogP contribution in [0.25, 0.3) is 0 Å². The van der Waals surface area contributed by atoms with Crippen molar-refractivity contribution in [2.24, 2.45) is 0 Å². The number of anilines is 3. The molecule has 0 spiro atoms. The Kier molecular flexibility index (Phi) is 5.82. The van der Waals surface area contributed by atoms with Gasteiger partial charge in [0, 0.05) is 29.8 Å². The Morgan fingerprint density at radius 3 is 2.38 bits per heavy atom. The van der Waals surface area contributed by atoms with Gasteiger partial charge >= 0.3 is 0 Å². The first-order valence-electron chi connectivity index (χ1n) is 10.9. The lowest BCUT2D eigenvalue weighted by atomic mass is 9.92. The normalized spacial score (nSPS) is 22.7. The Balaban J connectivity index is 1.64. The van der Waals surface area contributed by atoms with Crippen molar-refractivity contribution < 1.29 is 14.4 Å². The minimum absolute atomic E-state index is 0.0773. The first-order chi connectivity index (χ1) is 15.2. The SMILES string of the molecule is CC(=O)c1ccc(NC(=O)C2CC(=O)Nc3nc(N4C(C)CCCC4C)[nH]c(=O)c32)cc1. The average Bonchev–Trinajstić information content (AvgIpc) is 2.73. The predicted molar refractivity (Wildman–Crippen MR) is 121 cm³/mol. The minimum atomic E-state index is -0.965. The summed E-state index contributed by atoms with van der Waals surface area (Å²) in [5.41, 5.74) is 0.731. The monoisotopic (exact) mass is 437 g/mol. The summed E-state index contributed by atoms with van der Waals surface area (Å²) in [7, 11) is 0. The van der Waals surface area contributed by atoms with Crippen molar-refractivity contribution in [3.8, 4) is 0 Å². The molecule has 2 aromatic rings. The number of rotatable bonds is 4. The maximum atomic E-state index is 13.0. The van der Waals surface area contributed by atoms with Gasteiger partial charge in [0.25, 0.3) is 5.56 Å². The zero-order valence-electron chi connectivity index (χ0n) is 18.4. The second kappa shape index (κ2) is 8.57. The van der Waals surface area contributed by atoms with Gasteiger partial charge in [0.1, 0.15) is 5.82 Å². The number of carbonyl (C=O) groups is 3. The fourth-order valence-corrected chi connectivity index (χ4v) is 4.56. The van der Waals surface area contributed by atoms with Crippen LogP contribution in [0, 0.1) is 0 Å². The minimum Gasteiger partial charge on any atom is -0.337 e. The molecule has 2 aliphatic heterocycles. The van der Waals surface area contributed by atoms with Crippen LogP contribution < -0.4 is 21.1 Å². The number of benzene rings is 1. The molecule has 3 N–H and O–H groups in total. The summed E-state index contributed by atoms with van der Waals surface area (Å²) in [6.45, 7) is 5.63. The smallest absolute Gasteiger partial charge is 0.258 e. The lowest BCUT2D eigenvalue weighted by molar-refractivity contribution is -0.123. The second-order valence-corrected chi connectivity index (χ2v) is 8.62. The summed E-state index contributed by atoms with van der Waals surface area (Å²) >= 11 is 0. The van der Waals surface area contributed by atoms with Gasteiger partial charge in [0.2, 0.25) is 17.8 Å². The number of nitrogens with one attached hydrogen (secondary N) is 3. The zero-order chi connectivity index (χ0) is 23.0. The number of H-pyrrole nitrogens is 1. The van der Waals surface area contributed by atoms with Gasteiger partial charge in [-0.3, -0.25) is 24.2 Å². The van der Waals surface area contributed by atoms with E-state index in [-0.39, 0.29) is 41.6 Å². The molecule has 9 heteroatoms. The third-order valence-corrected chi connectivity index (χ3v) is 6.25. The molecule has 2 amide bonds. The lowest BCUT2D eigenvalue weighted by Crippen LogP contribution is -2.46. The Labute approximate surface area is 185 Å². The average molecular weight is 438 g/mol. The van der Waals surface area contributed by atoms with E-state index in [4.69, 9.17) is 0 Å². The largest absolute Gasteiger partial charge is 0.337 e. The van der Waals surface area contributed by atoms with Gasteiger partial charge in [-0.05, 0) is 64.3 Å². The van der Waals surface area contributed by atoms with Crippen LogP contribution in [0.5, 0.6) is 0 Å². The molecule has 3 unspecified atom stereocenters. The van der Waals surface area contributed by atoms with Crippen LogP contribution in [-0.2, 0) is 9.59 Å². The van der Waals surface area contributed by atoms with Gasteiger partial charge in [-0.15, -0.1) is 0 Å². The van der Waals surface area contributed by atoms with Crippen LogP contribution in [-0.4, -0.2) is 39.6 Å². The molecule has 2 aliphatic rings. The molecule has 32 heavy (non-hydrogen) atoms. The van der Waals surface area contributed by atoms with Gasteiger partial charge in [0.05, 0.1) is 11.5 Å². The molecular weight excluding hydrogens is 410 g/mol. The van der Waals surface area contributed by atoms with Crippen LogP contribution in [0.1, 0.15) is 68.3 Å². The molecule has 4 rings (SSSR count). The number of carbonyl (C=O) groups excluding carboxylic acids is 3. The highest BCUT2D eigenvalue weighted by Crippen LogP contribution is 2.32. The van der Waals surface area contributed by atoms with Crippen molar-refractivity contribution >= 4 is 35.1 Å². The van der Waals surface area contributed by atoms with Gasteiger partial charge < -0.3 is 15.5 Å². The van der Waals surface area contributed by atoms with E-state index in [1.807, 2.05) is 0 Å². The first kappa shape index (κ1) is 21.7. The van der Waals surface area contributed by atoms with Gasteiger partial charge in [-0.2, -0.15) is 4.98 Å². The maximum Gasteiger partial charge on any atom is 0.258 e. The number of aromatic nitrogens is 2. The maximum absolute atomic E-state index is 13.0. The Bertz CT molecular complexity index is 1110. The molecule has 1 fully saturated rings. The molecule has 3 atom stereocenters. The fourth-order valence-electron chi connectivity index (χ4n) is 4.56. The second-order valence-electron chi connectivity index (χ2n) is 8.62. The summed E-state index contributed by atoms with van der Waals surface area (Å²) in [4.78, 5) is 59.3. The third kappa shape index (κ3) is 4.15. The van der Waals surface area contributed by atoms with Crippen LogP contribution in [0.15, 0.2) is 29.1 Å².